The van der Waals surface area contributed by atoms with Crippen LogP contribution in [0.5, 0.6) is 0 Å². The monoisotopic (exact) mass is 395 g/mol. The van der Waals surface area contributed by atoms with Gasteiger partial charge in [0, 0.05) is 12.2 Å². The Kier molecular flexibility index (Phi) is 7.22. The fourth-order valence-corrected chi connectivity index (χ4v) is 2.13. The number of aryl methyl sites for hydroxylation is 2. The van der Waals surface area contributed by atoms with E-state index in [0.717, 1.165) is 12.1 Å². The number of aliphatic imine (C=N–C) groups is 1. The first-order valence-corrected chi connectivity index (χ1v) is 6.83. The molecule has 2 aromatic carbocycles. The Morgan fingerprint density at radius 1 is 1.10 bits per heavy atom. The van der Waals surface area contributed by atoms with E-state index in [9.17, 15) is 0 Å². The molecule has 0 heterocycles. The first-order valence-electron chi connectivity index (χ1n) is 6.83. The number of hydrogen-bond acceptors (Lipinski definition) is 1. The Bertz CT molecular complexity index is 594. The molecule has 3 nitrogen and oxygen atoms in total. The molecule has 112 valence electrons. The van der Waals surface area contributed by atoms with Gasteiger partial charge >= 0.3 is 0 Å². The molecule has 0 aromatic heterocycles. The van der Waals surface area contributed by atoms with E-state index in [1.54, 1.807) is 0 Å². The number of hydrogen-bond donors (Lipinski definition) is 2. The van der Waals surface area contributed by atoms with E-state index in [-0.39, 0.29) is 24.0 Å². The smallest absolute Gasteiger partial charge is 0.193 e. The number of anilines is 1. The number of rotatable bonds is 4. The molecule has 0 unspecified atom stereocenters. The molecule has 3 N–H and O–H groups in total. The molecule has 0 aliphatic heterocycles. The Labute approximate surface area is 143 Å². The van der Waals surface area contributed by atoms with Gasteiger partial charge in [-0.25, -0.2) is 0 Å². The molecule has 0 radical (unpaired) electrons. The number of nitrogens with two attached hydrogens (primary N) is 1. The molecule has 0 amide bonds. The Hall–Kier alpha value is -1.56. The maximum atomic E-state index is 5.87. The first kappa shape index (κ1) is 17.5. The Morgan fingerprint density at radius 3 is 2.48 bits per heavy atom. The van der Waals surface area contributed by atoms with E-state index >= 15 is 0 Å². The largest absolute Gasteiger partial charge is 0.370 e. The summed E-state index contributed by atoms with van der Waals surface area (Å²) in [5.74, 6) is 0.459. The van der Waals surface area contributed by atoms with Gasteiger partial charge in [0.15, 0.2) is 5.96 Å². The van der Waals surface area contributed by atoms with Crippen molar-refractivity contribution in [1.82, 2.24) is 0 Å². The molecule has 2 rings (SSSR count). The molecule has 0 spiro atoms. The third-order valence-electron chi connectivity index (χ3n) is 3.21. The van der Waals surface area contributed by atoms with Crippen molar-refractivity contribution in [3.8, 4) is 0 Å². The normalized spacial score (nSPS) is 10.9. The number of guanidine groups is 1. The van der Waals surface area contributed by atoms with Crippen LogP contribution in [-0.4, -0.2) is 12.5 Å². The van der Waals surface area contributed by atoms with Gasteiger partial charge in [-0.1, -0.05) is 42.0 Å². The number of nitrogens with zero attached hydrogens (tertiary/aromatic N) is 1. The highest BCUT2D eigenvalue weighted by Crippen LogP contribution is 2.11. The summed E-state index contributed by atoms with van der Waals surface area (Å²) in [6.07, 6.45) is 0.906. The van der Waals surface area contributed by atoms with Crippen molar-refractivity contribution in [1.29, 1.82) is 0 Å². The topological polar surface area (TPSA) is 50.4 Å². The lowest BCUT2D eigenvalue weighted by Gasteiger charge is -2.07. The highest BCUT2D eigenvalue weighted by Gasteiger charge is 1.99. The van der Waals surface area contributed by atoms with Crippen molar-refractivity contribution in [2.75, 3.05) is 11.9 Å². The van der Waals surface area contributed by atoms with Crippen molar-refractivity contribution < 1.29 is 0 Å². The van der Waals surface area contributed by atoms with Gasteiger partial charge in [0.1, 0.15) is 0 Å². The number of para-hydroxylation sites is 1. The van der Waals surface area contributed by atoms with Crippen molar-refractivity contribution in [2.24, 2.45) is 10.7 Å². The number of benzene rings is 2. The van der Waals surface area contributed by atoms with Gasteiger partial charge in [-0.05, 0) is 43.5 Å². The molecular formula is C17H22IN3. The lowest BCUT2D eigenvalue weighted by molar-refractivity contribution is 0.953. The van der Waals surface area contributed by atoms with Gasteiger partial charge in [0.2, 0.25) is 0 Å². The first-order chi connectivity index (χ1) is 9.65. The third kappa shape index (κ3) is 5.75. The average molecular weight is 395 g/mol. The van der Waals surface area contributed by atoms with Crippen LogP contribution in [0.1, 0.15) is 16.7 Å². The van der Waals surface area contributed by atoms with E-state index < -0.39 is 0 Å². The predicted octanol–water partition coefficient (Wildman–Crippen LogP) is 3.89. The molecule has 0 fully saturated rings. The van der Waals surface area contributed by atoms with Crippen LogP contribution in [0.15, 0.2) is 53.5 Å². The van der Waals surface area contributed by atoms with Crippen molar-refractivity contribution in [2.45, 2.75) is 20.3 Å². The summed E-state index contributed by atoms with van der Waals surface area (Å²) >= 11 is 0. The quantitative estimate of drug-likeness (QED) is 0.469. The third-order valence-corrected chi connectivity index (χ3v) is 3.21. The van der Waals surface area contributed by atoms with E-state index in [1.807, 2.05) is 30.3 Å². The molecular weight excluding hydrogens is 373 g/mol. The van der Waals surface area contributed by atoms with Crippen LogP contribution in [0, 0.1) is 13.8 Å². The summed E-state index contributed by atoms with van der Waals surface area (Å²) in [6.45, 7) is 4.93. The molecule has 2 aromatic rings. The summed E-state index contributed by atoms with van der Waals surface area (Å²) in [5, 5.41) is 3.08. The molecule has 0 atom stereocenters. The average Bonchev–Trinajstić information content (AvgIpc) is 2.42. The summed E-state index contributed by atoms with van der Waals surface area (Å²) in [4.78, 5) is 4.36. The van der Waals surface area contributed by atoms with Crippen LogP contribution >= 0.6 is 24.0 Å². The van der Waals surface area contributed by atoms with Crippen LogP contribution in [0.3, 0.4) is 0 Å². The molecule has 4 heteroatoms. The van der Waals surface area contributed by atoms with Crippen LogP contribution in [0.4, 0.5) is 5.69 Å². The van der Waals surface area contributed by atoms with Crippen molar-refractivity contribution in [3.63, 3.8) is 0 Å². The van der Waals surface area contributed by atoms with Crippen LogP contribution in [0.2, 0.25) is 0 Å². The minimum absolute atomic E-state index is 0. The highest BCUT2D eigenvalue weighted by atomic mass is 127. The summed E-state index contributed by atoms with van der Waals surface area (Å²) in [7, 11) is 0. The van der Waals surface area contributed by atoms with Gasteiger partial charge in [-0.3, -0.25) is 4.99 Å². The van der Waals surface area contributed by atoms with Gasteiger partial charge in [0.25, 0.3) is 0 Å². The standard InChI is InChI=1S/C17H21N3.HI/c1-13-8-9-15(14(2)12-13)10-11-19-17(18)20-16-6-4-3-5-7-16;/h3-9,12H,10-11H2,1-2H3,(H3,18,19,20);1H. The fourth-order valence-electron chi connectivity index (χ4n) is 2.13. The number of halogens is 1. The zero-order valence-corrected chi connectivity index (χ0v) is 14.8. The minimum atomic E-state index is 0. The van der Waals surface area contributed by atoms with E-state index in [1.165, 1.54) is 16.7 Å². The lowest BCUT2D eigenvalue weighted by Crippen LogP contribution is -2.23. The number of nitrogens with one attached hydrogen (secondary N) is 1. The molecule has 0 aliphatic carbocycles. The van der Waals surface area contributed by atoms with Gasteiger partial charge in [0.05, 0.1) is 0 Å². The molecule has 0 bridgehead atoms. The lowest BCUT2D eigenvalue weighted by atomic mass is 10.0. The van der Waals surface area contributed by atoms with Gasteiger partial charge in [-0.15, -0.1) is 24.0 Å². The molecule has 0 aliphatic rings. The Morgan fingerprint density at radius 2 is 1.81 bits per heavy atom. The maximum Gasteiger partial charge on any atom is 0.193 e. The second-order valence-electron chi connectivity index (χ2n) is 4.94. The second-order valence-corrected chi connectivity index (χ2v) is 4.94. The second kappa shape index (κ2) is 8.67. The predicted molar refractivity (Wildman–Crippen MR) is 102 cm³/mol. The highest BCUT2D eigenvalue weighted by molar-refractivity contribution is 14.0. The zero-order chi connectivity index (χ0) is 14.4. The van der Waals surface area contributed by atoms with Crippen LogP contribution < -0.4 is 11.1 Å². The Balaban J connectivity index is 0.00000220. The molecule has 0 saturated carbocycles. The zero-order valence-electron chi connectivity index (χ0n) is 12.5. The fraction of sp³-hybridized carbons (Fsp3) is 0.235. The van der Waals surface area contributed by atoms with Crippen LogP contribution in [0.25, 0.3) is 0 Å². The molecule has 0 saturated heterocycles. The van der Waals surface area contributed by atoms with Crippen LogP contribution in [-0.2, 0) is 6.42 Å². The maximum absolute atomic E-state index is 5.87. The summed E-state index contributed by atoms with van der Waals surface area (Å²) in [6, 6.07) is 16.3. The van der Waals surface area contributed by atoms with E-state index in [2.05, 4.69) is 42.4 Å². The minimum Gasteiger partial charge on any atom is -0.370 e. The van der Waals surface area contributed by atoms with E-state index in [0.29, 0.717) is 12.5 Å². The van der Waals surface area contributed by atoms with Gasteiger partial charge in [-0.2, -0.15) is 0 Å². The van der Waals surface area contributed by atoms with Gasteiger partial charge < -0.3 is 11.1 Å². The summed E-state index contributed by atoms with van der Waals surface area (Å²) < 4.78 is 0. The SMILES string of the molecule is Cc1ccc(CCN=C(N)Nc2ccccc2)c(C)c1.I. The summed E-state index contributed by atoms with van der Waals surface area (Å²) in [5.41, 5.74) is 10.8. The van der Waals surface area contributed by atoms with E-state index in [4.69, 9.17) is 5.73 Å². The molecule has 21 heavy (non-hydrogen) atoms. The van der Waals surface area contributed by atoms with Crippen molar-refractivity contribution in [3.05, 3.63) is 65.2 Å². The van der Waals surface area contributed by atoms with Crippen molar-refractivity contribution >= 4 is 35.6 Å².